The van der Waals surface area contributed by atoms with Crippen molar-refractivity contribution < 1.29 is 18.7 Å². The number of alkyl carbamates (subject to hydrolysis) is 1. The number of aldehydes is 1. The number of rotatable bonds is 4. The van der Waals surface area contributed by atoms with E-state index in [-0.39, 0.29) is 13.0 Å². The molecule has 86 valence electrons. The lowest BCUT2D eigenvalue weighted by Gasteiger charge is -2.19. The van der Waals surface area contributed by atoms with Crippen LogP contribution in [0.2, 0.25) is 0 Å². The van der Waals surface area contributed by atoms with E-state index in [1.54, 1.807) is 20.8 Å². The van der Waals surface area contributed by atoms with Crippen molar-refractivity contribution in [3.05, 3.63) is 11.9 Å². The van der Waals surface area contributed by atoms with Crippen molar-refractivity contribution in [3.63, 3.8) is 0 Å². The molecule has 0 aliphatic rings. The van der Waals surface area contributed by atoms with Crippen LogP contribution in [0.4, 0.5) is 9.18 Å². The van der Waals surface area contributed by atoms with Gasteiger partial charge in [-0.05, 0) is 26.8 Å². The van der Waals surface area contributed by atoms with Crippen LogP contribution in [-0.2, 0) is 9.53 Å². The molecule has 0 saturated carbocycles. The lowest BCUT2D eigenvalue weighted by molar-refractivity contribution is -0.107. The van der Waals surface area contributed by atoms with E-state index in [9.17, 15) is 14.0 Å². The molecule has 0 aromatic carbocycles. The van der Waals surface area contributed by atoms with Crippen LogP contribution in [0.1, 0.15) is 27.2 Å². The number of hydrogen-bond acceptors (Lipinski definition) is 3. The quantitative estimate of drug-likeness (QED) is 0.732. The summed E-state index contributed by atoms with van der Waals surface area (Å²) in [5.41, 5.74) is -0.574. The number of halogens is 1. The van der Waals surface area contributed by atoms with Gasteiger partial charge in [0.2, 0.25) is 0 Å². The van der Waals surface area contributed by atoms with Crippen LogP contribution >= 0.6 is 0 Å². The molecule has 4 nitrogen and oxygen atoms in total. The van der Waals surface area contributed by atoms with Gasteiger partial charge in [0.05, 0.1) is 6.42 Å². The highest BCUT2D eigenvalue weighted by atomic mass is 19.1. The molecule has 0 atom stereocenters. The number of ether oxygens (including phenoxy) is 1. The van der Waals surface area contributed by atoms with Crippen LogP contribution in [-0.4, -0.2) is 24.5 Å². The average molecular weight is 217 g/mol. The van der Waals surface area contributed by atoms with Crippen LogP contribution in [0.3, 0.4) is 0 Å². The minimum atomic E-state index is -0.613. The van der Waals surface area contributed by atoms with Gasteiger partial charge in [0.1, 0.15) is 17.7 Å². The largest absolute Gasteiger partial charge is 0.444 e. The Bertz CT molecular complexity index is 256. The molecule has 0 rings (SSSR count). The third-order valence-electron chi connectivity index (χ3n) is 1.25. The molecule has 0 saturated heterocycles. The first kappa shape index (κ1) is 13.6. The second-order valence-electron chi connectivity index (χ2n) is 3.90. The second-order valence-corrected chi connectivity index (χ2v) is 3.90. The van der Waals surface area contributed by atoms with Gasteiger partial charge in [-0.2, -0.15) is 0 Å². The summed E-state index contributed by atoms with van der Waals surface area (Å²) in [5.74, 6) is -0.568. The fourth-order valence-electron chi connectivity index (χ4n) is 0.722. The molecule has 0 aromatic rings. The van der Waals surface area contributed by atoms with Crippen LogP contribution in [0, 0.1) is 0 Å². The molecule has 0 heterocycles. The van der Waals surface area contributed by atoms with Crippen molar-refractivity contribution in [3.8, 4) is 0 Å². The maximum Gasteiger partial charge on any atom is 0.407 e. The standard InChI is InChI=1S/C10H16FNO3/c1-10(2,3)15-9(14)12-6-4-8(11)5-7-13/h4,7H,5-6H2,1-3H3,(H,12,14)/b8-4+. The van der Waals surface area contributed by atoms with E-state index in [0.717, 1.165) is 6.08 Å². The van der Waals surface area contributed by atoms with Gasteiger partial charge >= 0.3 is 6.09 Å². The molecule has 15 heavy (non-hydrogen) atoms. The van der Waals surface area contributed by atoms with Crippen LogP contribution in [0.15, 0.2) is 11.9 Å². The smallest absolute Gasteiger partial charge is 0.407 e. The molecular weight excluding hydrogens is 201 g/mol. The first-order chi connectivity index (χ1) is 6.85. The van der Waals surface area contributed by atoms with Crippen LogP contribution in [0.5, 0.6) is 0 Å². The maximum atomic E-state index is 12.6. The van der Waals surface area contributed by atoms with Gasteiger partial charge in [0.25, 0.3) is 0 Å². The van der Waals surface area contributed by atoms with Gasteiger partial charge in [0.15, 0.2) is 0 Å². The minimum absolute atomic E-state index is 0.00852. The maximum absolute atomic E-state index is 12.6. The molecule has 0 fully saturated rings. The van der Waals surface area contributed by atoms with Crippen molar-refractivity contribution in [2.75, 3.05) is 6.54 Å². The van der Waals surface area contributed by atoms with Crippen molar-refractivity contribution >= 4 is 12.4 Å². The molecule has 5 heteroatoms. The Morgan fingerprint density at radius 3 is 2.53 bits per heavy atom. The molecule has 0 bridgehead atoms. The van der Waals surface area contributed by atoms with E-state index in [1.165, 1.54) is 0 Å². The van der Waals surface area contributed by atoms with E-state index >= 15 is 0 Å². The Kier molecular flexibility index (Phi) is 5.59. The van der Waals surface area contributed by atoms with E-state index in [4.69, 9.17) is 4.74 Å². The Balaban J connectivity index is 3.82. The van der Waals surface area contributed by atoms with Crippen molar-refractivity contribution in [2.45, 2.75) is 32.8 Å². The zero-order valence-corrected chi connectivity index (χ0v) is 9.17. The zero-order chi connectivity index (χ0) is 11.9. The lowest BCUT2D eigenvalue weighted by Crippen LogP contribution is -2.32. The first-order valence-electron chi connectivity index (χ1n) is 4.60. The number of hydrogen-bond donors (Lipinski definition) is 1. The van der Waals surface area contributed by atoms with Crippen molar-refractivity contribution in [1.29, 1.82) is 0 Å². The van der Waals surface area contributed by atoms with E-state index in [0.29, 0.717) is 6.29 Å². The van der Waals surface area contributed by atoms with E-state index < -0.39 is 17.5 Å². The monoisotopic (exact) mass is 217 g/mol. The highest BCUT2D eigenvalue weighted by Crippen LogP contribution is 2.06. The third-order valence-corrected chi connectivity index (χ3v) is 1.25. The molecule has 0 aliphatic carbocycles. The summed E-state index contributed by atoms with van der Waals surface area (Å²) < 4.78 is 17.5. The number of amides is 1. The van der Waals surface area contributed by atoms with Gasteiger partial charge in [-0.3, -0.25) is 0 Å². The fraction of sp³-hybridized carbons (Fsp3) is 0.600. The second kappa shape index (κ2) is 6.16. The van der Waals surface area contributed by atoms with Gasteiger partial charge in [-0.15, -0.1) is 0 Å². The zero-order valence-electron chi connectivity index (χ0n) is 9.17. The van der Waals surface area contributed by atoms with E-state index in [2.05, 4.69) is 5.32 Å². The summed E-state index contributed by atoms with van der Waals surface area (Å²) in [6.07, 6.45) is 0.700. The Morgan fingerprint density at radius 1 is 1.47 bits per heavy atom. The van der Waals surface area contributed by atoms with Gasteiger partial charge in [0, 0.05) is 6.54 Å². The minimum Gasteiger partial charge on any atom is -0.444 e. The summed E-state index contributed by atoms with van der Waals surface area (Å²) in [6, 6.07) is 0. The first-order valence-corrected chi connectivity index (χ1v) is 4.60. The van der Waals surface area contributed by atoms with Gasteiger partial charge in [-0.25, -0.2) is 9.18 Å². The fourth-order valence-corrected chi connectivity index (χ4v) is 0.722. The molecule has 0 aromatic heterocycles. The molecular formula is C10H16FNO3. The number of nitrogens with one attached hydrogen (secondary N) is 1. The molecule has 0 aliphatic heterocycles. The lowest BCUT2D eigenvalue weighted by atomic mass is 10.2. The van der Waals surface area contributed by atoms with Crippen molar-refractivity contribution in [2.24, 2.45) is 0 Å². The van der Waals surface area contributed by atoms with Crippen LogP contribution in [0.25, 0.3) is 0 Å². The van der Waals surface area contributed by atoms with Crippen molar-refractivity contribution in [1.82, 2.24) is 5.32 Å². The van der Waals surface area contributed by atoms with E-state index in [1.807, 2.05) is 0 Å². The van der Waals surface area contributed by atoms with Gasteiger partial charge in [-0.1, -0.05) is 0 Å². The summed E-state index contributed by atoms with van der Waals surface area (Å²) in [6.45, 7) is 5.20. The SMILES string of the molecule is CC(C)(C)OC(=O)NC/C=C(/F)CC=O. The number of allylic oxidation sites excluding steroid dienone is 1. The molecule has 0 spiro atoms. The summed E-state index contributed by atoms with van der Waals surface area (Å²) in [7, 11) is 0. The number of carbonyl (C=O) groups excluding carboxylic acids is 2. The van der Waals surface area contributed by atoms with Gasteiger partial charge < -0.3 is 14.8 Å². The average Bonchev–Trinajstić information content (AvgIpc) is 2.00. The number of carbonyl (C=O) groups is 2. The topological polar surface area (TPSA) is 55.4 Å². The Hall–Kier alpha value is -1.39. The predicted octanol–water partition coefficient (Wildman–Crippen LogP) is 1.95. The normalized spacial score (nSPS) is 12.1. The highest BCUT2D eigenvalue weighted by Gasteiger charge is 2.15. The summed E-state index contributed by atoms with van der Waals surface area (Å²) in [4.78, 5) is 21.0. The Labute approximate surface area is 88.5 Å². The highest BCUT2D eigenvalue weighted by molar-refractivity contribution is 5.67. The van der Waals surface area contributed by atoms with Crippen LogP contribution < -0.4 is 5.32 Å². The third kappa shape index (κ3) is 8.93. The molecule has 1 amide bonds. The predicted molar refractivity (Wildman–Crippen MR) is 54.1 cm³/mol. The molecule has 1 N–H and O–H groups in total. The molecule has 0 radical (unpaired) electrons. The molecule has 0 unspecified atom stereocenters. The summed E-state index contributed by atoms with van der Waals surface area (Å²) >= 11 is 0. The summed E-state index contributed by atoms with van der Waals surface area (Å²) in [5, 5.41) is 2.34. The Morgan fingerprint density at radius 2 is 2.07 bits per heavy atom.